The molecule has 0 aromatic heterocycles. The number of carbonyl (C=O) groups excluding carboxylic acids is 1. The summed E-state index contributed by atoms with van der Waals surface area (Å²) in [5, 5.41) is 13.7. The zero-order valence-electron chi connectivity index (χ0n) is 12.0. The first-order valence-corrected chi connectivity index (χ1v) is 7.35. The smallest absolute Gasteiger partial charge is 0.289 e. The van der Waals surface area contributed by atoms with Crippen LogP contribution < -0.4 is 10.1 Å². The van der Waals surface area contributed by atoms with E-state index in [-0.39, 0.29) is 16.4 Å². The number of amides is 1. The van der Waals surface area contributed by atoms with Crippen molar-refractivity contribution in [3.63, 3.8) is 0 Å². The molecule has 1 amide bonds. The molecule has 0 bridgehead atoms. The summed E-state index contributed by atoms with van der Waals surface area (Å²) >= 11 is 11.8. The van der Waals surface area contributed by atoms with E-state index >= 15 is 0 Å². The average Bonchev–Trinajstić information content (AvgIpc) is 2.51. The number of ether oxygens (including phenoxy) is 1. The molecule has 0 fully saturated rings. The number of nitrogens with one attached hydrogen (secondary N) is 1. The number of hydrogen-bond donors (Lipinski definition) is 1. The maximum Gasteiger partial charge on any atom is 0.289 e. The third-order valence-corrected chi connectivity index (χ3v) is 3.51. The van der Waals surface area contributed by atoms with E-state index in [1.165, 1.54) is 24.3 Å². The molecule has 120 valence electrons. The van der Waals surface area contributed by atoms with Crippen LogP contribution in [0, 0.1) is 10.1 Å². The van der Waals surface area contributed by atoms with Gasteiger partial charge in [0.25, 0.3) is 11.6 Å². The number of benzene rings is 2. The minimum absolute atomic E-state index is 0.00268. The minimum Gasteiger partial charge on any atom is -0.492 e. The summed E-state index contributed by atoms with van der Waals surface area (Å²) in [6.45, 7) is 2.28. The van der Waals surface area contributed by atoms with E-state index < -0.39 is 10.8 Å². The number of nitro benzene ring substituents is 1. The molecule has 0 heterocycles. The van der Waals surface area contributed by atoms with Gasteiger partial charge in [-0.05, 0) is 37.3 Å². The first kappa shape index (κ1) is 17.1. The molecule has 0 atom stereocenters. The number of halogens is 2. The van der Waals surface area contributed by atoms with Crippen molar-refractivity contribution < 1.29 is 14.5 Å². The molecule has 2 rings (SSSR count). The van der Waals surface area contributed by atoms with Gasteiger partial charge in [-0.25, -0.2) is 0 Å². The van der Waals surface area contributed by atoms with Crippen molar-refractivity contribution in [2.75, 3.05) is 11.9 Å². The molecule has 0 aliphatic rings. The number of nitrogens with zero attached hydrogens (tertiary/aromatic N) is 1. The highest BCUT2D eigenvalue weighted by Crippen LogP contribution is 2.28. The molecule has 0 saturated carbocycles. The zero-order chi connectivity index (χ0) is 17.0. The summed E-state index contributed by atoms with van der Waals surface area (Å²) in [6.07, 6.45) is 0. The number of anilines is 1. The Morgan fingerprint density at radius 1 is 1.22 bits per heavy atom. The topological polar surface area (TPSA) is 81.5 Å². The van der Waals surface area contributed by atoms with Gasteiger partial charge in [0.1, 0.15) is 10.8 Å². The second-order valence-corrected chi connectivity index (χ2v) is 5.27. The molecule has 1 N–H and O–H groups in total. The van der Waals surface area contributed by atoms with Gasteiger partial charge in [-0.3, -0.25) is 14.9 Å². The van der Waals surface area contributed by atoms with Crippen LogP contribution in [-0.2, 0) is 0 Å². The van der Waals surface area contributed by atoms with Crippen molar-refractivity contribution in [2.24, 2.45) is 0 Å². The van der Waals surface area contributed by atoms with E-state index in [1.807, 2.05) is 6.92 Å². The van der Waals surface area contributed by atoms with Crippen LogP contribution >= 0.6 is 23.2 Å². The molecule has 8 heteroatoms. The standard InChI is InChI=1S/C15H12Cl2N2O4/c1-2-23-14-6-3-9(7-12(14)17)15(20)18-10-4-5-11(16)13(8-10)19(21)22/h3-8H,2H2,1H3,(H,18,20). The molecule has 0 spiro atoms. The van der Waals surface area contributed by atoms with Gasteiger partial charge in [0.05, 0.1) is 16.6 Å². The van der Waals surface area contributed by atoms with Gasteiger partial charge in [-0.1, -0.05) is 23.2 Å². The Kier molecular flexibility index (Phi) is 5.41. The largest absolute Gasteiger partial charge is 0.492 e. The third kappa shape index (κ3) is 4.12. The molecular formula is C15H12Cl2N2O4. The maximum atomic E-state index is 12.2. The second-order valence-electron chi connectivity index (χ2n) is 4.46. The van der Waals surface area contributed by atoms with Gasteiger partial charge >= 0.3 is 0 Å². The fraction of sp³-hybridized carbons (Fsp3) is 0.133. The lowest BCUT2D eigenvalue weighted by atomic mass is 10.2. The first-order valence-electron chi connectivity index (χ1n) is 6.60. The molecule has 2 aromatic rings. The molecule has 0 aliphatic carbocycles. The van der Waals surface area contributed by atoms with E-state index in [0.717, 1.165) is 0 Å². The highest BCUT2D eigenvalue weighted by atomic mass is 35.5. The zero-order valence-corrected chi connectivity index (χ0v) is 13.5. The highest BCUT2D eigenvalue weighted by molar-refractivity contribution is 6.33. The summed E-state index contributed by atoms with van der Waals surface area (Å²) in [7, 11) is 0. The Bertz CT molecular complexity index is 765. The van der Waals surface area contributed by atoms with Gasteiger partial charge in [0.2, 0.25) is 0 Å². The lowest BCUT2D eigenvalue weighted by Gasteiger charge is -2.09. The lowest BCUT2D eigenvalue weighted by molar-refractivity contribution is -0.384. The molecule has 0 radical (unpaired) electrons. The molecular weight excluding hydrogens is 343 g/mol. The van der Waals surface area contributed by atoms with Crippen molar-refractivity contribution in [1.29, 1.82) is 0 Å². The molecule has 6 nitrogen and oxygen atoms in total. The third-order valence-electron chi connectivity index (χ3n) is 2.89. The van der Waals surface area contributed by atoms with E-state index in [4.69, 9.17) is 27.9 Å². The van der Waals surface area contributed by atoms with Crippen LogP contribution in [0.4, 0.5) is 11.4 Å². The number of rotatable bonds is 5. The van der Waals surface area contributed by atoms with Crippen LogP contribution in [-0.4, -0.2) is 17.4 Å². The lowest BCUT2D eigenvalue weighted by Crippen LogP contribution is -2.12. The molecule has 0 aliphatic heterocycles. The monoisotopic (exact) mass is 354 g/mol. The molecule has 0 unspecified atom stereocenters. The van der Waals surface area contributed by atoms with E-state index in [1.54, 1.807) is 12.1 Å². The summed E-state index contributed by atoms with van der Waals surface area (Å²) in [6, 6.07) is 8.62. The predicted octanol–water partition coefficient (Wildman–Crippen LogP) is 4.55. The molecule has 0 saturated heterocycles. The van der Waals surface area contributed by atoms with Crippen molar-refractivity contribution in [2.45, 2.75) is 6.92 Å². The van der Waals surface area contributed by atoms with Crippen molar-refractivity contribution >= 4 is 40.5 Å². The first-order chi connectivity index (χ1) is 10.9. The van der Waals surface area contributed by atoms with Gasteiger partial charge in [0.15, 0.2) is 0 Å². The molecule has 23 heavy (non-hydrogen) atoms. The Hall–Kier alpha value is -2.31. The molecule has 2 aromatic carbocycles. The van der Waals surface area contributed by atoms with Crippen LogP contribution in [0.25, 0.3) is 0 Å². The van der Waals surface area contributed by atoms with Gasteiger partial charge in [0, 0.05) is 17.3 Å². The Labute approximate surface area is 142 Å². The van der Waals surface area contributed by atoms with Gasteiger partial charge < -0.3 is 10.1 Å². The fourth-order valence-electron chi connectivity index (χ4n) is 1.85. The SMILES string of the molecule is CCOc1ccc(C(=O)Nc2ccc(Cl)c([N+](=O)[O-])c2)cc1Cl. The number of carbonyl (C=O) groups is 1. The van der Waals surface area contributed by atoms with Crippen molar-refractivity contribution in [3.8, 4) is 5.75 Å². The van der Waals surface area contributed by atoms with Crippen LogP contribution in [0.15, 0.2) is 36.4 Å². The summed E-state index contributed by atoms with van der Waals surface area (Å²) < 4.78 is 5.29. The number of hydrogen-bond acceptors (Lipinski definition) is 4. The van der Waals surface area contributed by atoms with Crippen LogP contribution in [0.5, 0.6) is 5.75 Å². The Balaban J connectivity index is 2.21. The Morgan fingerprint density at radius 2 is 1.96 bits per heavy atom. The van der Waals surface area contributed by atoms with Crippen molar-refractivity contribution in [3.05, 3.63) is 62.1 Å². The summed E-state index contributed by atoms with van der Waals surface area (Å²) in [5.74, 6) is 0.0272. The van der Waals surface area contributed by atoms with Gasteiger partial charge in [-0.2, -0.15) is 0 Å². The number of nitro groups is 1. The van der Waals surface area contributed by atoms with Crippen LogP contribution in [0.3, 0.4) is 0 Å². The van der Waals surface area contributed by atoms with Crippen LogP contribution in [0.2, 0.25) is 10.0 Å². The van der Waals surface area contributed by atoms with Crippen molar-refractivity contribution in [1.82, 2.24) is 0 Å². The van der Waals surface area contributed by atoms with E-state index in [2.05, 4.69) is 5.32 Å². The van der Waals surface area contributed by atoms with Crippen LogP contribution in [0.1, 0.15) is 17.3 Å². The average molecular weight is 355 g/mol. The van der Waals surface area contributed by atoms with Gasteiger partial charge in [-0.15, -0.1) is 0 Å². The highest BCUT2D eigenvalue weighted by Gasteiger charge is 2.15. The maximum absolute atomic E-state index is 12.2. The van der Waals surface area contributed by atoms with E-state index in [0.29, 0.717) is 22.9 Å². The summed E-state index contributed by atoms with van der Waals surface area (Å²) in [5.41, 5.74) is 0.279. The Morgan fingerprint density at radius 3 is 2.57 bits per heavy atom. The van der Waals surface area contributed by atoms with E-state index in [9.17, 15) is 14.9 Å². The second kappa shape index (κ2) is 7.30. The fourth-order valence-corrected chi connectivity index (χ4v) is 2.27. The quantitative estimate of drug-likeness (QED) is 0.630. The summed E-state index contributed by atoms with van der Waals surface area (Å²) in [4.78, 5) is 22.4. The predicted molar refractivity (Wildman–Crippen MR) is 88.7 cm³/mol. The normalized spacial score (nSPS) is 10.2. The minimum atomic E-state index is -0.619.